The summed E-state index contributed by atoms with van der Waals surface area (Å²) < 4.78 is 5.73. The van der Waals surface area contributed by atoms with E-state index < -0.39 is 4.92 Å². The standard InChI is InChI=1S/C19H10Cl2N2O3/c20-17-6-2-5-16(19(17)21)18-8-7-15(26-18)10-13(11-22)12-3-1-4-14(9-12)23(24)25/h1-10H/b13-10+. The van der Waals surface area contributed by atoms with Gasteiger partial charge in [0.2, 0.25) is 0 Å². The Morgan fingerprint density at radius 3 is 2.65 bits per heavy atom. The van der Waals surface area contributed by atoms with Gasteiger partial charge in [-0.2, -0.15) is 5.26 Å². The molecule has 0 radical (unpaired) electrons. The molecule has 0 bridgehead atoms. The van der Waals surface area contributed by atoms with E-state index in [1.807, 2.05) is 6.07 Å². The van der Waals surface area contributed by atoms with Crippen molar-refractivity contribution in [2.45, 2.75) is 0 Å². The number of allylic oxidation sites excluding steroid dienone is 1. The highest BCUT2D eigenvalue weighted by Crippen LogP contribution is 2.35. The minimum atomic E-state index is -0.509. The van der Waals surface area contributed by atoms with Crippen molar-refractivity contribution < 1.29 is 9.34 Å². The van der Waals surface area contributed by atoms with E-state index in [1.54, 1.807) is 36.4 Å². The molecule has 0 unspecified atom stereocenters. The minimum Gasteiger partial charge on any atom is -0.457 e. The monoisotopic (exact) mass is 384 g/mol. The van der Waals surface area contributed by atoms with Crippen LogP contribution in [0.2, 0.25) is 10.0 Å². The zero-order chi connectivity index (χ0) is 18.7. The number of nitro benzene ring substituents is 1. The van der Waals surface area contributed by atoms with Crippen LogP contribution in [-0.4, -0.2) is 4.92 Å². The third-order valence-electron chi connectivity index (χ3n) is 3.62. The third-order valence-corrected chi connectivity index (χ3v) is 4.44. The number of nitrogens with zero attached hydrogens (tertiary/aromatic N) is 2. The predicted octanol–water partition coefficient (Wildman–Crippen LogP) is 6.23. The molecule has 128 valence electrons. The molecule has 0 N–H and O–H groups in total. The van der Waals surface area contributed by atoms with Crippen molar-refractivity contribution in [3.63, 3.8) is 0 Å². The summed E-state index contributed by atoms with van der Waals surface area (Å²) in [7, 11) is 0. The van der Waals surface area contributed by atoms with E-state index in [1.165, 1.54) is 24.3 Å². The quantitative estimate of drug-likeness (QED) is 0.303. The van der Waals surface area contributed by atoms with Gasteiger partial charge in [0.1, 0.15) is 11.5 Å². The molecule has 0 aliphatic carbocycles. The first-order chi connectivity index (χ1) is 12.5. The molecule has 0 aliphatic rings. The number of hydrogen-bond acceptors (Lipinski definition) is 4. The highest BCUT2D eigenvalue weighted by molar-refractivity contribution is 6.43. The molecule has 0 spiro atoms. The number of rotatable bonds is 4. The number of halogens is 2. The van der Waals surface area contributed by atoms with E-state index in [4.69, 9.17) is 27.6 Å². The van der Waals surface area contributed by atoms with Crippen molar-refractivity contribution >= 4 is 40.5 Å². The molecule has 0 aliphatic heterocycles. The van der Waals surface area contributed by atoms with Gasteiger partial charge in [-0.3, -0.25) is 10.1 Å². The van der Waals surface area contributed by atoms with Crippen LogP contribution < -0.4 is 0 Å². The fraction of sp³-hybridized carbons (Fsp3) is 0. The SMILES string of the molecule is N#C/C(=C\c1ccc(-c2cccc(Cl)c2Cl)o1)c1cccc([N+](=O)[O-])c1. The maximum Gasteiger partial charge on any atom is 0.270 e. The lowest BCUT2D eigenvalue weighted by molar-refractivity contribution is -0.384. The molecule has 3 aromatic rings. The Balaban J connectivity index is 1.98. The van der Waals surface area contributed by atoms with Crippen LogP contribution in [0.4, 0.5) is 5.69 Å². The number of hydrogen-bond donors (Lipinski definition) is 0. The van der Waals surface area contributed by atoms with E-state index in [2.05, 4.69) is 0 Å². The lowest BCUT2D eigenvalue weighted by atomic mass is 10.1. The first-order valence-corrected chi connectivity index (χ1v) is 8.16. The van der Waals surface area contributed by atoms with Crippen LogP contribution in [0.15, 0.2) is 59.0 Å². The Hall–Kier alpha value is -3.07. The van der Waals surface area contributed by atoms with E-state index in [0.29, 0.717) is 32.7 Å². The highest BCUT2D eigenvalue weighted by Gasteiger charge is 2.12. The molecule has 3 rings (SSSR count). The van der Waals surface area contributed by atoms with Crippen LogP contribution in [-0.2, 0) is 0 Å². The van der Waals surface area contributed by atoms with Gasteiger partial charge in [-0.25, -0.2) is 0 Å². The summed E-state index contributed by atoms with van der Waals surface area (Å²) in [5.41, 5.74) is 1.22. The van der Waals surface area contributed by atoms with E-state index in [0.717, 1.165) is 0 Å². The fourth-order valence-corrected chi connectivity index (χ4v) is 2.77. The molecule has 0 amide bonds. The van der Waals surface area contributed by atoms with Crippen LogP contribution >= 0.6 is 23.2 Å². The van der Waals surface area contributed by atoms with Crippen LogP contribution in [0.25, 0.3) is 23.0 Å². The Morgan fingerprint density at radius 2 is 1.92 bits per heavy atom. The topological polar surface area (TPSA) is 80.1 Å². The van der Waals surface area contributed by atoms with Gasteiger partial charge in [-0.1, -0.05) is 41.4 Å². The summed E-state index contributed by atoms with van der Waals surface area (Å²) in [5.74, 6) is 0.916. The first kappa shape index (κ1) is 17.7. The fourth-order valence-electron chi connectivity index (χ4n) is 2.38. The van der Waals surface area contributed by atoms with Crippen LogP contribution in [0.3, 0.4) is 0 Å². The van der Waals surface area contributed by atoms with Gasteiger partial charge < -0.3 is 4.42 Å². The van der Waals surface area contributed by atoms with E-state index >= 15 is 0 Å². The molecular formula is C19H10Cl2N2O3. The normalized spacial score (nSPS) is 11.2. The summed E-state index contributed by atoms with van der Waals surface area (Å²) in [4.78, 5) is 10.4. The summed E-state index contributed by atoms with van der Waals surface area (Å²) in [6.45, 7) is 0. The van der Waals surface area contributed by atoms with Crippen molar-refractivity contribution in [2.24, 2.45) is 0 Å². The number of benzene rings is 2. The second kappa shape index (κ2) is 7.44. The van der Waals surface area contributed by atoms with Gasteiger partial charge in [0.05, 0.1) is 26.6 Å². The summed E-state index contributed by atoms with van der Waals surface area (Å²) in [6.07, 6.45) is 1.51. The second-order valence-corrected chi connectivity index (χ2v) is 6.07. The number of nitro groups is 1. The molecule has 1 heterocycles. The molecule has 0 atom stereocenters. The van der Waals surface area contributed by atoms with Crippen molar-refractivity contribution in [2.75, 3.05) is 0 Å². The molecule has 26 heavy (non-hydrogen) atoms. The maximum absolute atomic E-state index is 10.9. The molecule has 0 saturated carbocycles. The Bertz CT molecular complexity index is 1060. The van der Waals surface area contributed by atoms with Crippen LogP contribution in [0.5, 0.6) is 0 Å². The Morgan fingerprint density at radius 1 is 1.15 bits per heavy atom. The summed E-state index contributed by atoms with van der Waals surface area (Å²) in [6, 6.07) is 16.5. The lowest BCUT2D eigenvalue weighted by Crippen LogP contribution is -1.89. The largest absolute Gasteiger partial charge is 0.457 e. The lowest BCUT2D eigenvalue weighted by Gasteiger charge is -2.02. The minimum absolute atomic E-state index is 0.0884. The average Bonchev–Trinajstić information content (AvgIpc) is 3.10. The van der Waals surface area contributed by atoms with Crippen molar-refractivity contribution in [3.05, 3.63) is 86.1 Å². The van der Waals surface area contributed by atoms with Crippen LogP contribution in [0, 0.1) is 21.4 Å². The summed E-state index contributed by atoms with van der Waals surface area (Å²) in [5, 5.41) is 21.1. The molecule has 1 aromatic heterocycles. The third kappa shape index (κ3) is 3.62. The van der Waals surface area contributed by atoms with Crippen molar-refractivity contribution in [3.8, 4) is 17.4 Å². The smallest absolute Gasteiger partial charge is 0.270 e. The molecule has 0 saturated heterocycles. The van der Waals surface area contributed by atoms with Crippen LogP contribution in [0.1, 0.15) is 11.3 Å². The molecule has 0 fully saturated rings. The first-order valence-electron chi connectivity index (χ1n) is 7.40. The number of non-ortho nitro benzene ring substituents is 1. The van der Waals surface area contributed by atoms with E-state index in [-0.39, 0.29) is 11.3 Å². The van der Waals surface area contributed by atoms with Gasteiger partial charge in [-0.15, -0.1) is 0 Å². The Kier molecular flexibility index (Phi) is 5.08. The van der Waals surface area contributed by atoms with Crippen molar-refractivity contribution in [1.82, 2.24) is 0 Å². The molecular weight excluding hydrogens is 375 g/mol. The zero-order valence-electron chi connectivity index (χ0n) is 13.1. The van der Waals surface area contributed by atoms with Gasteiger partial charge in [-0.05, 0) is 35.9 Å². The number of furan rings is 1. The highest BCUT2D eigenvalue weighted by atomic mass is 35.5. The zero-order valence-corrected chi connectivity index (χ0v) is 14.7. The second-order valence-electron chi connectivity index (χ2n) is 5.28. The van der Waals surface area contributed by atoms with Gasteiger partial charge in [0.15, 0.2) is 0 Å². The maximum atomic E-state index is 10.9. The Labute approximate surface area is 158 Å². The molecule has 2 aromatic carbocycles. The summed E-state index contributed by atoms with van der Waals surface area (Å²) >= 11 is 12.2. The average molecular weight is 385 g/mol. The number of nitriles is 1. The van der Waals surface area contributed by atoms with Gasteiger partial charge >= 0.3 is 0 Å². The molecule has 5 nitrogen and oxygen atoms in total. The van der Waals surface area contributed by atoms with E-state index in [9.17, 15) is 15.4 Å². The van der Waals surface area contributed by atoms with Gasteiger partial charge in [0, 0.05) is 17.7 Å². The predicted molar refractivity (Wildman–Crippen MR) is 101 cm³/mol. The van der Waals surface area contributed by atoms with Gasteiger partial charge in [0.25, 0.3) is 5.69 Å². The molecule has 7 heteroatoms. The van der Waals surface area contributed by atoms with Crippen molar-refractivity contribution in [1.29, 1.82) is 5.26 Å².